The maximum absolute atomic E-state index is 12.5. The molecule has 1 aliphatic rings. The molecule has 1 aromatic heterocycles. The average Bonchev–Trinajstić information content (AvgIpc) is 3.08. The first-order valence-electron chi connectivity index (χ1n) is 9.61. The Balaban J connectivity index is 1.36. The van der Waals surface area contributed by atoms with Gasteiger partial charge in [0.25, 0.3) is 0 Å². The van der Waals surface area contributed by atoms with Crippen LogP contribution in [0.4, 0.5) is 13.2 Å². The van der Waals surface area contributed by atoms with Crippen LogP contribution in [0.3, 0.4) is 0 Å². The maximum atomic E-state index is 12.5. The Morgan fingerprint density at radius 3 is 2.50 bits per heavy atom. The van der Waals surface area contributed by atoms with Gasteiger partial charge in [-0.25, -0.2) is 0 Å². The number of nitrogens with zero attached hydrogens (tertiary/aromatic N) is 1. The lowest BCUT2D eigenvalue weighted by molar-refractivity contribution is -0.274. The van der Waals surface area contributed by atoms with Crippen LogP contribution in [-0.2, 0) is 6.42 Å². The van der Waals surface area contributed by atoms with Crippen LogP contribution in [0, 0.1) is 0 Å². The van der Waals surface area contributed by atoms with Crippen molar-refractivity contribution in [3.05, 3.63) is 65.9 Å². The summed E-state index contributed by atoms with van der Waals surface area (Å²) in [7, 11) is 0. The highest BCUT2D eigenvalue weighted by atomic mass is 19.4. The molecule has 4 rings (SSSR count). The van der Waals surface area contributed by atoms with Crippen LogP contribution in [0.1, 0.15) is 29.9 Å². The monoisotopic (exact) mass is 388 g/mol. The smallest absolute Gasteiger partial charge is 0.406 e. The Labute approximate surface area is 162 Å². The molecule has 0 spiro atoms. The molecule has 0 unspecified atom stereocenters. The number of fused-ring (bicyclic) bond motifs is 1. The number of hydrogen-bond donors (Lipinski definition) is 1. The number of nitrogens with one attached hydrogen (secondary N) is 1. The van der Waals surface area contributed by atoms with E-state index in [1.165, 1.54) is 17.7 Å². The van der Waals surface area contributed by atoms with E-state index in [2.05, 4.69) is 38.9 Å². The highest BCUT2D eigenvalue weighted by Crippen LogP contribution is 2.30. The van der Waals surface area contributed by atoms with Crippen LogP contribution in [0.5, 0.6) is 5.75 Å². The van der Waals surface area contributed by atoms with Gasteiger partial charge in [-0.3, -0.25) is 0 Å². The van der Waals surface area contributed by atoms with E-state index in [9.17, 15) is 13.2 Å². The van der Waals surface area contributed by atoms with Gasteiger partial charge in [-0.15, -0.1) is 13.2 Å². The summed E-state index contributed by atoms with van der Waals surface area (Å²) in [5, 5.41) is 0.793. The van der Waals surface area contributed by atoms with E-state index in [-0.39, 0.29) is 5.75 Å². The van der Waals surface area contributed by atoms with E-state index >= 15 is 0 Å². The fraction of sp³-hybridized carbons (Fsp3) is 0.364. The Morgan fingerprint density at radius 1 is 1.04 bits per heavy atom. The number of H-pyrrole nitrogens is 1. The number of aromatic nitrogens is 1. The van der Waals surface area contributed by atoms with Gasteiger partial charge in [-0.05, 0) is 67.6 Å². The fourth-order valence-corrected chi connectivity index (χ4v) is 4.06. The van der Waals surface area contributed by atoms with Gasteiger partial charge in [0.2, 0.25) is 0 Å². The minimum absolute atomic E-state index is 0.176. The van der Waals surface area contributed by atoms with Crippen molar-refractivity contribution in [2.24, 2.45) is 0 Å². The lowest BCUT2D eigenvalue weighted by Gasteiger charge is -2.32. The minimum atomic E-state index is -4.67. The van der Waals surface area contributed by atoms with E-state index < -0.39 is 6.36 Å². The summed E-state index contributed by atoms with van der Waals surface area (Å²) in [6.45, 7) is 2.99. The molecule has 1 aliphatic heterocycles. The molecule has 0 amide bonds. The summed E-state index contributed by atoms with van der Waals surface area (Å²) in [5.74, 6) is 0.442. The summed E-state index contributed by atoms with van der Waals surface area (Å²) in [6.07, 6.45) is 0.292. The Kier molecular flexibility index (Phi) is 5.31. The molecule has 1 N–H and O–H groups in total. The molecule has 6 heteroatoms. The number of likely N-dealkylation sites (tertiary alicyclic amines) is 1. The topological polar surface area (TPSA) is 28.3 Å². The first-order valence-corrected chi connectivity index (χ1v) is 9.61. The standard InChI is InChI=1S/C22H23F3N2O/c23-22(24,25)28-19-6-7-21-20(14-19)18(15-26-21)10-13-27-11-8-17(9-12-27)16-4-2-1-3-5-16/h1-7,14-15,17,26H,8-13H2. The third kappa shape index (κ3) is 4.50. The van der Waals surface area contributed by atoms with Crippen LogP contribution in [0.25, 0.3) is 10.9 Å². The second-order valence-corrected chi connectivity index (χ2v) is 7.35. The average molecular weight is 388 g/mol. The van der Waals surface area contributed by atoms with E-state index in [0.717, 1.165) is 55.4 Å². The summed E-state index contributed by atoms with van der Waals surface area (Å²) in [4.78, 5) is 5.58. The fourth-order valence-electron chi connectivity index (χ4n) is 4.06. The molecule has 148 valence electrons. The van der Waals surface area contributed by atoms with Gasteiger partial charge in [0, 0.05) is 23.6 Å². The van der Waals surface area contributed by atoms with Crippen LogP contribution >= 0.6 is 0 Å². The Morgan fingerprint density at radius 2 is 1.79 bits per heavy atom. The molecule has 1 fully saturated rings. The molecule has 28 heavy (non-hydrogen) atoms. The van der Waals surface area contributed by atoms with Crippen molar-refractivity contribution in [1.29, 1.82) is 0 Å². The zero-order valence-electron chi connectivity index (χ0n) is 15.5. The Bertz CT molecular complexity index is 912. The molecule has 0 aliphatic carbocycles. The summed E-state index contributed by atoms with van der Waals surface area (Å²) >= 11 is 0. The summed E-state index contributed by atoms with van der Waals surface area (Å²) < 4.78 is 41.5. The predicted molar refractivity (Wildman–Crippen MR) is 104 cm³/mol. The van der Waals surface area contributed by atoms with Crippen molar-refractivity contribution in [2.45, 2.75) is 31.5 Å². The molecule has 2 aromatic carbocycles. The molecule has 3 nitrogen and oxygen atoms in total. The van der Waals surface area contributed by atoms with E-state index in [0.29, 0.717) is 5.92 Å². The van der Waals surface area contributed by atoms with Crippen molar-refractivity contribution in [3.63, 3.8) is 0 Å². The van der Waals surface area contributed by atoms with Crippen molar-refractivity contribution >= 4 is 10.9 Å². The molecule has 2 heterocycles. The second-order valence-electron chi connectivity index (χ2n) is 7.35. The van der Waals surface area contributed by atoms with Gasteiger partial charge in [-0.1, -0.05) is 30.3 Å². The third-order valence-corrected chi connectivity index (χ3v) is 5.53. The van der Waals surface area contributed by atoms with Gasteiger partial charge in [0.15, 0.2) is 0 Å². The normalized spacial score (nSPS) is 16.5. The van der Waals surface area contributed by atoms with Crippen molar-refractivity contribution < 1.29 is 17.9 Å². The molecule has 1 saturated heterocycles. The molecule has 0 saturated carbocycles. The van der Waals surface area contributed by atoms with Crippen molar-refractivity contribution in [3.8, 4) is 5.75 Å². The number of rotatable bonds is 5. The number of alkyl halides is 3. The number of benzene rings is 2. The molecule has 0 bridgehead atoms. The van der Waals surface area contributed by atoms with Crippen LogP contribution < -0.4 is 4.74 Å². The number of piperidine rings is 1. The predicted octanol–water partition coefficient (Wildman–Crippen LogP) is 5.49. The van der Waals surface area contributed by atoms with E-state index in [4.69, 9.17) is 0 Å². The van der Waals surface area contributed by atoms with Gasteiger partial charge in [0.05, 0.1) is 0 Å². The zero-order chi connectivity index (χ0) is 19.6. The third-order valence-electron chi connectivity index (χ3n) is 5.53. The summed E-state index contributed by atoms with van der Waals surface area (Å²) in [5.41, 5.74) is 3.26. The quantitative estimate of drug-likeness (QED) is 0.626. The molecule has 0 radical (unpaired) electrons. The molecule has 3 aromatic rings. The van der Waals surface area contributed by atoms with Gasteiger partial charge >= 0.3 is 6.36 Å². The second kappa shape index (κ2) is 7.87. The lowest BCUT2D eigenvalue weighted by Crippen LogP contribution is -2.34. The highest BCUT2D eigenvalue weighted by molar-refractivity contribution is 5.84. The van der Waals surface area contributed by atoms with Gasteiger partial charge in [0.1, 0.15) is 5.75 Å². The highest BCUT2D eigenvalue weighted by Gasteiger charge is 2.31. The number of ether oxygens (including phenoxy) is 1. The van der Waals surface area contributed by atoms with E-state index in [1.807, 2.05) is 12.3 Å². The Hall–Kier alpha value is -2.47. The number of halogens is 3. The van der Waals surface area contributed by atoms with Crippen molar-refractivity contribution in [2.75, 3.05) is 19.6 Å². The first-order chi connectivity index (χ1) is 13.5. The van der Waals surface area contributed by atoms with E-state index in [1.54, 1.807) is 6.07 Å². The lowest BCUT2D eigenvalue weighted by atomic mass is 9.89. The van der Waals surface area contributed by atoms with Gasteiger partial charge in [-0.2, -0.15) is 0 Å². The van der Waals surface area contributed by atoms with Crippen molar-refractivity contribution in [1.82, 2.24) is 9.88 Å². The zero-order valence-corrected chi connectivity index (χ0v) is 15.5. The van der Waals surface area contributed by atoms with Crippen LogP contribution in [0.2, 0.25) is 0 Å². The van der Waals surface area contributed by atoms with Crippen LogP contribution in [-0.4, -0.2) is 35.9 Å². The number of aromatic amines is 1. The SMILES string of the molecule is FC(F)(F)Oc1ccc2[nH]cc(CCN3CCC(c4ccccc4)CC3)c2c1. The maximum Gasteiger partial charge on any atom is 0.573 e. The molecular weight excluding hydrogens is 365 g/mol. The van der Waals surface area contributed by atoms with Crippen LogP contribution in [0.15, 0.2) is 54.7 Å². The first kappa shape index (κ1) is 18.9. The number of hydrogen-bond acceptors (Lipinski definition) is 2. The molecular formula is C22H23F3N2O. The largest absolute Gasteiger partial charge is 0.573 e. The molecule has 0 atom stereocenters. The van der Waals surface area contributed by atoms with Gasteiger partial charge < -0.3 is 14.6 Å². The summed E-state index contributed by atoms with van der Waals surface area (Å²) in [6, 6.07) is 15.1. The minimum Gasteiger partial charge on any atom is -0.406 e.